The number of nitrogens with one attached hydrogen (secondary N) is 2. The van der Waals surface area contributed by atoms with E-state index < -0.39 is 0 Å². The summed E-state index contributed by atoms with van der Waals surface area (Å²) < 4.78 is 0. The summed E-state index contributed by atoms with van der Waals surface area (Å²) in [7, 11) is 0. The van der Waals surface area contributed by atoms with Crippen LogP contribution in [0.4, 0.5) is 5.69 Å². The number of pyridine rings is 1. The lowest BCUT2D eigenvalue weighted by atomic mass is 10.0. The third kappa shape index (κ3) is 3.09. The summed E-state index contributed by atoms with van der Waals surface area (Å²) in [4.78, 5) is 15.3. The number of aryl methyl sites for hydroxylation is 1. The first-order valence-electron chi connectivity index (χ1n) is 7.31. The van der Waals surface area contributed by atoms with Crippen molar-refractivity contribution >= 4 is 5.69 Å². The van der Waals surface area contributed by atoms with E-state index in [1.807, 2.05) is 61.5 Å². The van der Waals surface area contributed by atoms with E-state index in [1.165, 1.54) is 5.56 Å². The summed E-state index contributed by atoms with van der Waals surface area (Å²) in [5.74, 6) is 0. The van der Waals surface area contributed by atoms with Gasteiger partial charge in [-0.1, -0.05) is 60.7 Å². The van der Waals surface area contributed by atoms with Gasteiger partial charge in [0.1, 0.15) is 0 Å². The summed E-state index contributed by atoms with van der Waals surface area (Å²) in [5.41, 5.74) is 4.42. The molecule has 3 heteroatoms. The molecule has 0 aliphatic rings. The molecule has 3 nitrogen and oxygen atoms in total. The lowest BCUT2D eigenvalue weighted by Crippen LogP contribution is -2.14. The van der Waals surface area contributed by atoms with Crippen LogP contribution in [0, 0.1) is 6.92 Å². The number of anilines is 1. The highest BCUT2D eigenvalue weighted by Crippen LogP contribution is 2.25. The van der Waals surface area contributed by atoms with Crippen molar-refractivity contribution in [2.75, 3.05) is 5.32 Å². The van der Waals surface area contributed by atoms with Gasteiger partial charge < -0.3 is 10.3 Å². The van der Waals surface area contributed by atoms with E-state index in [0.29, 0.717) is 12.1 Å². The number of aromatic nitrogens is 1. The lowest BCUT2D eigenvalue weighted by Gasteiger charge is -2.13. The van der Waals surface area contributed by atoms with Crippen LogP contribution in [0.5, 0.6) is 0 Å². The molecule has 110 valence electrons. The van der Waals surface area contributed by atoms with Gasteiger partial charge in [-0.05, 0) is 24.1 Å². The molecule has 0 unspecified atom stereocenters. The van der Waals surface area contributed by atoms with Gasteiger partial charge in [0.2, 0.25) is 0 Å². The van der Waals surface area contributed by atoms with Crippen LogP contribution in [0.2, 0.25) is 0 Å². The zero-order valence-electron chi connectivity index (χ0n) is 12.5. The fourth-order valence-corrected chi connectivity index (χ4v) is 2.51. The van der Waals surface area contributed by atoms with Crippen molar-refractivity contribution in [1.29, 1.82) is 0 Å². The first-order valence-corrected chi connectivity index (χ1v) is 7.31. The van der Waals surface area contributed by atoms with Crippen LogP contribution in [0.1, 0.15) is 11.3 Å². The molecule has 0 aliphatic carbocycles. The zero-order valence-corrected chi connectivity index (χ0v) is 12.5. The predicted octanol–water partition coefficient (Wildman–Crippen LogP) is 3.96. The topological polar surface area (TPSA) is 44.9 Å². The van der Waals surface area contributed by atoms with Gasteiger partial charge in [-0.3, -0.25) is 4.79 Å². The van der Waals surface area contributed by atoms with Crippen molar-refractivity contribution < 1.29 is 0 Å². The van der Waals surface area contributed by atoms with Crippen molar-refractivity contribution in [3.63, 3.8) is 0 Å². The van der Waals surface area contributed by atoms with Crippen LogP contribution in [0.3, 0.4) is 0 Å². The van der Waals surface area contributed by atoms with E-state index in [1.54, 1.807) is 0 Å². The Kier molecular flexibility index (Phi) is 4.05. The van der Waals surface area contributed by atoms with Gasteiger partial charge in [0, 0.05) is 17.9 Å². The molecule has 3 rings (SSSR count). The minimum Gasteiger partial charge on any atom is -0.380 e. The smallest absolute Gasteiger partial charge is 0.258 e. The second-order valence-electron chi connectivity index (χ2n) is 5.28. The molecule has 0 saturated heterocycles. The van der Waals surface area contributed by atoms with Crippen LogP contribution in [0.25, 0.3) is 11.1 Å². The van der Waals surface area contributed by atoms with Gasteiger partial charge in [-0.25, -0.2) is 0 Å². The largest absolute Gasteiger partial charge is 0.380 e. The minimum atomic E-state index is -0.0678. The first-order chi connectivity index (χ1) is 10.7. The summed E-state index contributed by atoms with van der Waals surface area (Å²) >= 11 is 0. The fourth-order valence-electron chi connectivity index (χ4n) is 2.51. The molecule has 0 spiro atoms. The van der Waals surface area contributed by atoms with Gasteiger partial charge in [0.25, 0.3) is 5.56 Å². The highest BCUT2D eigenvalue weighted by molar-refractivity contribution is 5.77. The predicted molar refractivity (Wildman–Crippen MR) is 91.0 cm³/mol. The summed E-state index contributed by atoms with van der Waals surface area (Å²) in [5, 5.41) is 3.39. The minimum absolute atomic E-state index is 0.0678. The Morgan fingerprint density at radius 3 is 2.27 bits per heavy atom. The van der Waals surface area contributed by atoms with Crippen molar-refractivity contribution in [2.24, 2.45) is 0 Å². The maximum absolute atomic E-state index is 12.4. The number of hydrogen-bond acceptors (Lipinski definition) is 2. The fraction of sp³-hybridized carbons (Fsp3) is 0.105. The van der Waals surface area contributed by atoms with E-state index in [2.05, 4.69) is 22.4 Å². The number of rotatable bonds is 4. The number of benzene rings is 2. The average Bonchev–Trinajstić information content (AvgIpc) is 2.54. The normalized spacial score (nSPS) is 10.4. The summed E-state index contributed by atoms with van der Waals surface area (Å²) in [6, 6.07) is 21.9. The molecule has 0 fully saturated rings. The average molecular weight is 290 g/mol. The second kappa shape index (κ2) is 6.31. The molecule has 0 atom stereocenters. The third-order valence-corrected chi connectivity index (χ3v) is 3.56. The molecule has 2 aromatic carbocycles. The van der Waals surface area contributed by atoms with Crippen LogP contribution in [-0.2, 0) is 6.54 Å². The zero-order chi connectivity index (χ0) is 15.4. The van der Waals surface area contributed by atoms with Gasteiger partial charge in [0.05, 0.1) is 5.56 Å². The maximum atomic E-state index is 12.4. The number of H-pyrrole nitrogens is 1. The van der Waals surface area contributed by atoms with Gasteiger partial charge in [-0.2, -0.15) is 0 Å². The van der Waals surface area contributed by atoms with Gasteiger partial charge in [0.15, 0.2) is 0 Å². The molecule has 0 aliphatic heterocycles. The first kappa shape index (κ1) is 14.1. The van der Waals surface area contributed by atoms with Crippen LogP contribution < -0.4 is 10.9 Å². The molecule has 0 amide bonds. The van der Waals surface area contributed by atoms with E-state index in [-0.39, 0.29) is 5.56 Å². The summed E-state index contributed by atoms with van der Waals surface area (Å²) in [6.45, 7) is 2.58. The van der Waals surface area contributed by atoms with Gasteiger partial charge >= 0.3 is 0 Å². The van der Waals surface area contributed by atoms with E-state index >= 15 is 0 Å². The molecule has 1 heterocycles. The number of aromatic amines is 1. The Labute approximate surface area is 129 Å². The third-order valence-electron chi connectivity index (χ3n) is 3.56. The quantitative estimate of drug-likeness (QED) is 0.764. The van der Waals surface area contributed by atoms with Crippen molar-refractivity contribution in [2.45, 2.75) is 13.5 Å². The van der Waals surface area contributed by atoms with Crippen molar-refractivity contribution in [3.8, 4) is 11.1 Å². The van der Waals surface area contributed by atoms with Gasteiger partial charge in [-0.15, -0.1) is 0 Å². The molecule has 0 radical (unpaired) electrons. The molecule has 2 N–H and O–H groups in total. The van der Waals surface area contributed by atoms with Crippen LogP contribution in [0.15, 0.2) is 71.5 Å². The molecule has 3 aromatic rings. The Hall–Kier alpha value is -2.81. The molecule has 0 saturated carbocycles. The Morgan fingerprint density at radius 2 is 1.59 bits per heavy atom. The van der Waals surface area contributed by atoms with Crippen molar-refractivity contribution in [3.05, 3.63) is 88.3 Å². The monoisotopic (exact) mass is 290 g/mol. The van der Waals surface area contributed by atoms with Crippen molar-refractivity contribution in [1.82, 2.24) is 4.98 Å². The van der Waals surface area contributed by atoms with E-state index in [0.717, 1.165) is 16.9 Å². The number of hydrogen-bond donors (Lipinski definition) is 2. The Balaban J connectivity index is 1.98. The summed E-state index contributed by atoms with van der Waals surface area (Å²) in [6.07, 6.45) is 0. The van der Waals surface area contributed by atoms with E-state index in [4.69, 9.17) is 0 Å². The maximum Gasteiger partial charge on any atom is 0.258 e. The molecule has 22 heavy (non-hydrogen) atoms. The molecule has 0 bridgehead atoms. The molecular weight excluding hydrogens is 272 g/mol. The standard InChI is InChI=1S/C19H18N2O/c1-14-12-17(20-13-15-8-4-2-5-9-15)18(19(22)21-14)16-10-6-3-7-11-16/h2-12H,13H2,1H3,(H2,20,21,22). The SMILES string of the molecule is Cc1cc(NCc2ccccc2)c(-c2ccccc2)c(=O)[nH]1. The Bertz CT molecular complexity index is 808. The Morgan fingerprint density at radius 1 is 0.955 bits per heavy atom. The lowest BCUT2D eigenvalue weighted by molar-refractivity contribution is 1.11. The van der Waals surface area contributed by atoms with Crippen LogP contribution >= 0.6 is 0 Å². The molecular formula is C19H18N2O. The molecule has 1 aromatic heterocycles. The van der Waals surface area contributed by atoms with E-state index in [9.17, 15) is 4.79 Å². The highest BCUT2D eigenvalue weighted by Gasteiger charge is 2.10. The second-order valence-corrected chi connectivity index (χ2v) is 5.28. The van der Waals surface area contributed by atoms with Crippen LogP contribution in [-0.4, -0.2) is 4.98 Å². The highest BCUT2D eigenvalue weighted by atomic mass is 16.1.